The second-order valence-corrected chi connectivity index (χ2v) is 7.41. The molecular weight excluding hydrogens is 435 g/mol. The van der Waals surface area contributed by atoms with Gasteiger partial charge in [-0.3, -0.25) is 4.79 Å². The molecule has 6 nitrogen and oxygen atoms in total. The number of hydrogen-bond donors (Lipinski definition) is 1. The van der Waals surface area contributed by atoms with Crippen LogP contribution >= 0.6 is 11.6 Å². The van der Waals surface area contributed by atoms with Gasteiger partial charge in [0.2, 0.25) is 0 Å². The van der Waals surface area contributed by atoms with Gasteiger partial charge in [0.15, 0.2) is 6.61 Å². The third kappa shape index (κ3) is 6.52. The molecule has 1 heterocycles. The fourth-order valence-electron chi connectivity index (χ4n) is 3.14. The number of ether oxygens (including phenoxy) is 1. The lowest BCUT2D eigenvalue weighted by molar-refractivity contribution is -0.137. The van der Waals surface area contributed by atoms with Crippen molar-refractivity contribution in [2.24, 2.45) is 0 Å². The summed E-state index contributed by atoms with van der Waals surface area (Å²) in [4.78, 5) is 28.1. The highest BCUT2D eigenvalue weighted by molar-refractivity contribution is 6.30. The van der Waals surface area contributed by atoms with E-state index >= 15 is 0 Å². The van der Waals surface area contributed by atoms with Gasteiger partial charge >= 0.3 is 12.2 Å². The summed E-state index contributed by atoms with van der Waals surface area (Å²) in [6.45, 7) is 1.13. The first-order valence-corrected chi connectivity index (χ1v) is 9.99. The quantitative estimate of drug-likeness (QED) is 0.738. The van der Waals surface area contributed by atoms with E-state index in [4.69, 9.17) is 16.3 Å². The Morgan fingerprint density at radius 3 is 2.45 bits per heavy atom. The molecule has 2 aromatic carbocycles. The van der Waals surface area contributed by atoms with E-state index in [0.29, 0.717) is 43.3 Å². The number of anilines is 1. The smallest absolute Gasteiger partial charge is 0.416 e. The lowest BCUT2D eigenvalue weighted by Crippen LogP contribution is -2.40. The Kier molecular flexibility index (Phi) is 7.27. The van der Waals surface area contributed by atoms with Gasteiger partial charge in [0.05, 0.1) is 5.56 Å². The molecule has 1 N–H and O–H groups in total. The first-order chi connectivity index (χ1) is 14.7. The number of benzene rings is 2. The Morgan fingerprint density at radius 2 is 1.71 bits per heavy atom. The van der Waals surface area contributed by atoms with Crippen LogP contribution in [0.4, 0.5) is 23.7 Å². The topological polar surface area (TPSA) is 61.9 Å². The maximum atomic E-state index is 12.8. The Bertz CT molecular complexity index is 939. The van der Waals surface area contributed by atoms with E-state index in [1.165, 1.54) is 12.1 Å². The molecule has 0 spiro atoms. The molecule has 2 aromatic rings. The molecule has 10 heteroatoms. The van der Waals surface area contributed by atoms with Crippen molar-refractivity contribution in [2.45, 2.75) is 12.6 Å². The summed E-state index contributed by atoms with van der Waals surface area (Å²) in [6.07, 6.45) is -3.92. The molecule has 0 radical (unpaired) electrons. The zero-order valence-electron chi connectivity index (χ0n) is 16.5. The molecular formula is C21H21ClF3N3O3. The molecule has 166 valence electrons. The molecule has 0 aromatic heterocycles. The molecule has 0 bridgehead atoms. The van der Waals surface area contributed by atoms with Crippen molar-refractivity contribution in [2.75, 3.05) is 38.1 Å². The van der Waals surface area contributed by atoms with Crippen LogP contribution in [0.3, 0.4) is 0 Å². The third-order valence-corrected chi connectivity index (χ3v) is 4.97. The molecule has 1 saturated heterocycles. The number of carbonyl (C=O) groups is 2. The van der Waals surface area contributed by atoms with Crippen molar-refractivity contribution < 1.29 is 27.5 Å². The first-order valence-electron chi connectivity index (χ1n) is 9.62. The normalized spacial score (nSPS) is 14.7. The number of nitrogens with zero attached hydrogens (tertiary/aromatic N) is 2. The zero-order chi connectivity index (χ0) is 22.4. The minimum atomic E-state index is -4.48. The molecule has 1 aliphatic heterocycles. The number of halogens is 4. The minimum Gasteiger partial charge on any atom is -0.484 e. The van der Waals surface area contributed by atoms with Crippen LogP contribution < -0.4 is 10.1 Å². The lowest BCUT2D eigenvalue weighted by Gasteiger charge is -2.22. The fraction of sp³-hybridized carbons (Fsp3) is 0.333. The Hall–Kier alpha value is -2.94. The van der Waals surface area contributed by atoms with E-state index < -0.39 is 11.7 Å². The number of urea groups is 1. The van der Waals surface area contributed by atoms with Gasteiger partial charge in [0, 0.05) is 36.9 Å². The highest BCUT2D eigenvalue weighted by Gasteiger charge is 2.30. The van der Waals surface area contributed by atoms with Crippen LogP contribution in [0.5, 0.6) is 5.75 Å². The Morgan fingerprint density at radius 1 is 1.00 bits per heavy atom. The average Bonchev–Trinajstić information content (AvgIpc) is 2.98. The van der Waals surface area contributed by atoms with Crippen molar-refractivity contribution >= 4 is 29.2 Å². The van der Waals surface area contributed by atoms with Gasteiger partial charge in [0.1, 0.15) is 5.75 Å². The minimum absolute atomic E-state index is 0.0273. The standard InChI is InChI=1S/C21H21ClF3N3O3/c22-16-5-2-6-17(13-16)26-20(30)28-9-3-8-27(10-11-28)19(29)14-31-18-7-1-4-15(12-18)21(23,24)25/h1-2,4-7,12-13H,3,8-11,14H2,(H,26,30). The van der Waals surface area contributed by atoms with Gasteiger partial charge in [-0.2, -0.15) is 13.2 Å². The molecule has 3 amide bonds. The summed E-state index contributed by atoms with van der Waals surface area (Å²) in [5.74, 6) is -0.380. The van der Waals surface area contributed by atoms with Gasteiger partial charge in [-0.15, -0.1) is 0 Å². The van der Waals surface area contributed by atoms with E-state index in [0.717, 1.165) is 12.1 Å². The molecule has 3 rings (SSSR count). The molecule has 1 fully saturated rings. The monoisotopic (exact) mass is 455 g/mol. The van der Waals surface area contributed by atoms with Crippen LogP contribution in [0.2, 0.25) is 5.02 Å². The van der Waals surface area contributed by atoms with Gasteiger partial charge in [0.25, 0.3) is 5.91 Å². The number of carbonyl (C=O) groups excluding carboxylic acids is 2. The van der Waals surface area contributed by atoms with E-state index in [9.17, 15) is 22.8 Å². The maximum absolute atomic E-state index is 12.8. The largest absolute Gasteiger partial charge is 0.484 e. The first kappa shape index (κ1) is 22.7. The van der Waals surface area contributed by atoms with Gasteiger partial charge in [-0.1, -0.05) is 23.7 Å². The van der Waals surface area contributed by atoms with Gasteiger partial charge in [-0.25, -0.2) is 4.79 Å². The summed E-state index contributed by atoms with van der Waals surface area (Å²) in [7, 11) is 0. The van der Waals surface area contributed by atoms with Gasteiger partial charge in [-0.05, 0) is 42.8 Å². The van der Waals surface area contributed by atoms with Crippen molar-refractivity contribution in [3.8, 4) is 5.75 Å². The maximum Gasteiger partial charge on any atom is 0.416 e. The summed E-state index contributed by atoms with van der Waals surface area (Å²) in [5.41, 5.74) is -0.266. The third-order valence-electron chi connectivity index (χ3n) is 4.74. The van der Waals surface area contributed by atoms with Crippen molar-refractivity contribution in [1.82, 2.24) is 9.80 Å². The molecule has 31 heavy (non-hydrogen) atoms. The Labute approximate surface area is 182 Å². The predicted octanol–water partition coefficient (Wildman–Crippen LogP) is 4.50. The zero-order valence-corrected chi connectivity index (χ0v) is 17.2. The summed E-state index contributed by atoms with van der Waals surface area (Å²) in [6, 6.07) is 10.9. The molecule has 0 saturated carbocycles. The van der Waals surface area contributed by atoms with Crippen molar-refractivity contribution in [3.63, 3.8) is 0 Å². The SMILES string of the molecule is O=C(COc1cccc(C(F)(F)F)c1)N1CCCN(C(=O)Nc2cccc(Cl)c2)CC1. The average molecular weight is 456 g/mol. The van der Waals surface area contributed by atoms with Crippen LogP contribution in [0.1, 0.15) is 12.0 Å². The Balaban J connectivity index is 1.51. The second-order valence-electron chi connectivity index (χ2n) is 6.98. The highest BCUT2D eigenvalue weighted by Crippen LogP contribution is 2.31. The molecule has 1 aliphatic rings. The van der Waals surface area contributed by atoms with E-state index in [1.54, 1.807) is 34.1 Å². The van der Waals surface area contributed by atoms with Crippen LogP contribution in [0.15, 0.2) is 48.5 Å². The predicted molar refractivity (Wildman–Crippen MR) is 110 cm³/mol. The molecule has 0 aliphatic carbocycles. The van der Waals surface area contributed by atoms with E-state index in [-0.39, 0.29) is 24.3 Å². The number of alkyl halides is 3. The number of amides is 3. The molecule has 0 atom stereocenters. The van der Waals surface area contributed by atoms with Crippen molar-refractivity contribution in [1.29, 1.82) is 0 Å². The van der Waals surface area contributed by atoms with Gasteiger partial charge < -0.3 is 19.9 Å². The van der Waals surface area contributed by atoms with Crippen LogP contribution in [-0.2, 0) is 11.0 Å². The van der Waals surface area contributed by atoms with E-state index in [1.807, 2.05) is 0 Å². The van der Waals surface area contributed by atoms with Crippen molar-refractivity contribution in [3.05, 3.63) is 59.1 Å². The van der Waals surface area contributed by atoms with Crippen LogP contribution in [0.25, 0.3) is 0 Å². The number of nitrogens with one attached hydrogen (secondary N) is 1. The summed E-state index contributed by atoms with van der Waals surface area (Å²) in [5, 5.41) is 3.28. The number of hydrogen-bond acceptors (Lipinski definition) is 3. The summed E-state index contributed by atoms with van der Waals surface area (Å²) < 4.78 is 43.6. The highest BCUT2D eigenvalue weighted by atomic mass is 35.5. The van der Waals surface area contributed by atoms with E-state index in [2.05, 4.69) is 5.32 Å². The summed E-state index contributed by atoms with van der Waals surface area (Å²) >= 11 is 5.92. The van der Waals surface area contributed by atoms with Crippen LogP contribution in [0, 0.1) is 0 Å². The second kappa shape index (κ2) is 9.91. The van der Waals surface area contributed by atoms with Crippen LogP contribution in [-0.4, -0.2) is 54.5 Å². The lowest BCUT2D eigenvalue weighted by atomic mass is 10.2. The fourth-order valence-corrected chi connectivity index (χ4v) is 3.33. The number of rotatable bonds is 4. The molecule has 0 unspecified atom stereocenters.